The van der Waals surface area contributed by atoms with E-state index in [1.807, 2.05) is 4.90 Å². The van der Waals surface area contributed by atoms with E-state index < -0.39 is 17.8 Å². The van der Waals surface area contributed by atoms with Crippen LogP contribution >= 0.6 is 0 Å². The molecule has 8 nitrogen and oxygen atoms in total. The number of hydrogen-bond acceptors (Lipinski definition) is 6. The molecule has 1 aliphatic rings. The molecule has 0 spiro atoms. The third-order valence-corrected chi connectivity index (χ3v) is 4.44. The quantitative estimate of drug-likeness (QED) is 0.775. The molecular formula is C18H20F3N5O3. The topological polar surface area (TPSA) is 87.7 Å². The lowest BCUT2D eigenvalue weighted by Gasteiger charge is -2.35. The van der Waals surface area contributed by atoms with Crippen molar-refractivity contribution in [2.24, 2.45) is 0 Å². The summed E-state index contributed by atoms with van der Waals surface area (Å²) in [6, 6.07) is 3.37. The summed E-state index contributed by atoms with van der Waals surface area (Å²) in [6.07, 6.45) is -3.09. The molecule has 0 unspecified atom stereocenters. The number of pyridine rings is 2. The van der Waals surface area contributed by atoms with Crippen molar-refractivity contribution < 1.29 is 27.5 Å². The SMILES string of the molecule is CCOC(=O)CNC(=O)N1CCN(c2nccc3nc(C(F)(F)F)ccc23)CC1. The van der Waals surface area contributed by atoms with Gasteiger partial charge in [0.15, 0.2) is 0 Å². The van der Waals surface area contributed by atoms with Crippen molar-refractivity contribution in [2.75, 3.05) is 44.2 Å². The van der Waals surface area contributed by atoms with Gasteiger partial charge in [-0.15, -0.1) is 0 Å². The lowest BCUT2D eigenvalue weighted by molar-refractivity contribution is -0.142. The first kappa shape index (κ1) is 20.6. The molecule has 2 amide bonds. The molecule has 0 radical (unpaired) electrons. The summed E-state index contributed by atoms with van der Waals surface area (Å²) in [5.41, 5.74) is -0.746. The maximum atomic E-state index is 12.9. The fraction of sp³-hybridized carbons (Fsp3) is 0.444. The number of carbonyl (C=O) groups excluding carboxylic acids is 2. The van der Waals surface area contributed by atoms with Crippen molar-refractivity contribution in [2.45, 2.75) is 13.1 Å². The van der Waals surface area contributed by atoms with Crippen molar-refractivity contribution >= 4 is 28.7 Å². The highest BCUT2D eigenvalue weighted by molar-refractivity contribution is 5.89. The molecule has 11 heteroatoms. The second-order valence-electron chi connectivity index (χ2n) is 6.33. The summed E-state index contributed by atoms with van der Waals surface area (Å²) in [4.78, 5) is 34.9. The predicted octanol–water partition coefficient (Wildman–Crippen LogP) is 2.04. The van der Waals surface area contributed by atoms with Gasteiger partial charge in [-0.1, -0.05) is 0 Å². The highest BCUT2D eigenvalue weighted by Gasteiger charge is 2.33. The van der Waals surface area contributed by atoms with Gasteiger partial charge in [0.2, 0.25) is 0 Å². The summed E-state index contributed by atoms with van der Waals surface area (Å²) in [5.74, 6) is 0.0143. The average Bonchev–Trinajstić information content (AvgIpc) is 2.71. The highest BCUT2D eigenvalue weighted by atomic mass is 19.4. The van der Waals surface area contributed by atoms with Crippen LogP contribution in [0.2, 0.25) is 0 Å². The van der Waals surface area contributed by atoms with Crippen LogP contribution in [0.3, 0.4) is 0 Å². The van der Waals surface area contributed by atoms with E-state index in [1.165, 1.54) is 18.3 Å². The zero-order chi connectivity index (χ0) is 21.0. The van der Waals surface area contributed by atoms with E-state index >= 15 is 0 Å². The Hall–Kier alpha value is -3.11. The number of urea groups is 1. The monoisotopic (exact) mass is 411 g/mol. The van der Waals surface area contributed by atoms with Crippen LogP contribution in [0.1, 0.15) is 12.6 Å². The number of piperazine rings is 1. The maximum Gasteiger partial charge on any atom is 0.433 e. The first-order valence-corrected chi connectivity index (χ1v) is 9.06. The molecule has 0 bridgehead atoms. The number of nitrogens with zero attached hydrogens (tertiary/aromatic N) is 4. The van der Waals surface area contributed by atoms with Gasteiger partial charge in [-0.05, 0) is 25.1 Å². The minimum atomic E-state index is -4.51. The second kappa shape index (κ2) is 8.50. The Labute approximate surface area is 164 Å². The number of esters is 1. The fourth-order valence-electron chi connectivity index (χ4n) is 3.04. The van der Waals surface area contributed by atoms with Crippen molar-refractivity contribution in [1.82, 2.24) is 20.2 Å². The van der Waals surface area contributed by atoms with Crippen LogP contribution in [0.4, 0.5) is 23.8 Å². The van der Waals surface area contributed by atoms with Gasteiger partial charge < -0.3 is 19.9 Å². The highest BCUT2D eigenvalue weighted by Crippen LogP contribution is 2.31. The van der Waals surface area contributed by atoms with E-state index in [1.54, 1.807) is 11.8 Å². The van der Waals surface area contributed by atoms with Gasteiger partial charge in [-0.2, -0.15) is 13.2 Å². The van der Waals surface area contributed by atoms with Crippen LogP contribution < -0.4 is 10.2 Å². The van der Waals surface area contributed by atoms with Crippen molar-refractivity contribution in [3.63, 3.8) is 0 Å². The zero-order valence-corrected chi connectivity index (χ0v) is 15.7. The molecule has 156 valence electrons. The number of hydrogen-bond donors (Lipinski definition) is 1. The molecule has 0 saturated carbocycles. The molecular weight excluding hydrogens is 391 g/mol. The fourth-order valence-corrected chi connectivity index (χ4v) is 3.04. The van der Waals surface area contributed by atoms with Crippen LogP contribution in [-0.4, -0.2) is 66.2 Å². The van der Waals surface area contributed by atoms with Gasteiger partial charge in [0.1, 0.15) is 18.1 Å². The third kappa shape index (κ3) is 4.84. The van der Waals surface area contributed by atoms with Crippen molar-refractivity contribution in [3.8, 4) is 0 Å². The number of ether oxygens (including phenoxy) is 1. The molecule has 3 heterocycles. The first-order valence-electron chi connectivity index (χ1n) is 9.06. The number of rotatable bonds is 4. The van der Waals surface area contributed by atoms with Crippen LogP contribution in [-0.2, 0) is 15.7 Å². The predicted molar refractivity (Wildman–Crippen MR) is 98.4 cm³/mol. The Morgan fingerprint density at radius 2 is 1.90 bits per heavy atom. The number of amides is 2. The van der Waals surface area contributed by atoms with Crippen LogP contribution in [0.25, 0.3) is 10.9 Å². The molecule has 0 aliphatic carbocycles. The van der Waals surface area contributed by atoms with E-state index in [9.17, 15) is 22.8 Å². The van der Waals surface area contributed by atoms with Crippen LogP contribution in [0, 0.1) is 0 Å². The lowest BCUT2D eigenvalue weighted by Crippen LogP contribution is -2.52. The van der Waals surface area contributed by atoms with Gasteiger partial charge in [0, 0.05) is 37.8 Å². The third-order valence-electron chi connectivity index (χ3n) is 4.44. The number of alkyl halides is 3. The Morgan fingerprint density at radius 1 is 1.17 bits per heavy atom. The largest absolute Gasteiger partial charge is 0.465 e. The van der Waals surface area contributed by atoms with Gasteiger partial charge in [0.25, 0.3) is 0 Å². The lowest BCUT2D eigenvalue weighted by atomic mass is 10.2. The first-order chi connectivity index (χ1) is 13.8. The number of anilines is 1. The van der Waals surface area contributed by atoms with Gasteiger partial charge >= 0.3 is 18.2 Å². The molecule has 1 N–H and O–H groups in total. The number of carbonyl (C=O) groups is 2. The van der Waals surface area contributed by atoms with Crippen LogP contribution in [0.5, 0.6) is 0 Å². The molecule has 1 fully saturated rings. The van der Waals surface area contributed by atoms with Gasteiger partial charge in [0.05, 0.1) is 12.1 Å². The number of halogens is 3. The molecule has 0 aromatic carbocycles. The van der Waals surface area contributed by atoms with E-state index in [0.717, 1.165) is 6.07 Å². The molecule has 29 heavy (non-hydrogen) atoms. The molecule has 1 aliphatic heterocycles. The normalized spacial score (nSPS) is 14.8. The number of fused-ring (bicyclic) bond motifs is 1. The Kier molecular flexibility index (Phi) is 6.04. The molecule has 3 rings (SSSR count). The Bertz CT molecular complexity index is 898. The summed E-state index contributed by atoms with van der Waals surface area (Å²) in [7, 11) is 0. The zero-order valence-electron chi connectivity index (χ0n) is 15.7. The van der Waals surface area contributed by atoms with E-state index in [0.29, 0.717) is 37.4 Å². The minimum Gasteiger partial charge on any atom is -0.465 e. The molecule has 0 atom stereocenters. The summed E-state index contributed by atoms with van der Waals surface area (Å²) >= 11 is 0. The van der Waals surface area contributed by atoms with E-state index in [4.69, 9.17) is 4.74 Å². The Balaban J connectivity index is 1.66. The smallest absolute Gasteiger partial charge is 0.433 e. The molecule has 1 saturated heterocycles. The van der Waals surface area contributed by atoms with Crippen molar-refractivity contribution in [3.05, 3.63) is 30.1 Å². The second-order valence-corrected chi connectivity index (χ2v) is 6.33. The van der Waals surface area contributed by atoms with Crippen LogP contribution in [0.15, 0.2) is 24.4 Å². The van der Waals surface area contributed by atoms with Gasteiger partial charge in [-0.3, -0.25) is 4.79 Å². The molecule has 2 aromatic heterocycles. The number of aromatic nitrogens is 2. The Morgan fingerprint density at radius 3 is 2.55 bits per heavy atom. The summed E-state index contributed by atoms with van der Waals surface area (Å²) in [6.45, 7) is 3.36. The van der Waals surface area contributed by atoms with Crippen molar-refractivity contribution in [1.29, 1.82) is 0 Å². The summed E-state index contributed by atoms with van der Waals surface area (Å²) in [5, 5.41) is 3.02. The average molecular weight is 411 g/mol. The standard InChI is InChI=1S/C18H20F3N5O3/c1-2-29-15(27)11-23-17(28)26-9-7-25(8-10-26)16-12-3-4-14(18(19,20)21)24-13(12)5-6-22-16/h3-6H,2,7-11H2,1H3,(H,23,28). The molecule has 2 aromatic rings. The number of nitrogens with one attached hydrogen (secondary N) is 1. The van der Waals surface area contributed by atoms with E-state index in [-0.39, 0.29) is 24.7 Å². The maximum absolute atomic E-state index is 12.9. The van der Waals surface area contributed by atoms with E-state index in [2.05, 4.69) is 15.3 Å². The summed E-state index contributed by atoms with van der Waals surface area (Å²) < 4.78 is 43.4. The minimum absolute atomic E-state index is 0.203. The van der Waals surface area contributed by atoms with Gasteiger partial charge in [-0.25, -0.2) is 14.8 Å².